The van der Waals surface area contributed by atoms with Crippen LogP contribution >= 0.6 is 0 Å². The summed E-state index contributed by atoms with van der Waals surface area (Å²) in [6.45, 7) is 6.93. The Hall–Kier alpha value is -0.650. The van der Waals surface area contributed by atoms with Gasteiger partial charge in [-0.05, 0) is 24.5 Å². The molecule has 0 aliphatic heterocycles. The maximum Gasteiger partial charge on any atom is 0.240 e. The highest BCUT2D eigenvalue weighted by Crippen LogP contribution is 2.17. The Labute approximate surface area is 124 Å². The third kappa shape index (κ3) is 10.2. The summed E-state index contributed by atoms with van der Waals surface area (Å²) in [7, 11) is 0. The van der Waals surface area contributed by atoms with E-state index in [-0.39, 0.29) is 11.8 Å². The Kier molecular flexibility index (Phi) is 12.9. The van der Waals surface area contributed by atoms with Crippen molar-refractivity contribution in [1.82, 2.24) is 10.7 Å². The minimum atomic E-state index is -0.0199. The fourth-order valence-electron chi connectivity index (χ4n) is 2.04. The molecule has 0 rings (SSSR count). The van der Waals surface area contributed by atoms with Gasteiger partial charge in [0.05, 0.1) is 6.61 Å². The predicted molar refractivity (Wildman–Crippen MR) is 82.2 cm³/mol. The van der Waals surface area contributed by atoms with E-state index in [2.05, 4.69) is 26.2 Å². The average molecular weight is 287 g/mol. The number of unbranched alkanes of at least 4 members (excludes halogenated alkanes) is 4. The molecule has 0 aliphatic rings. The average Bonchev–Trinajstić information content (AvgIpc) is 2.42. The van der Waals surface area contributed by atoms with Crippen LogP contribution in [-0.2, 0) is 9.63 Å². The first-order chi connectivity index (χ1) is 9.65. The van der Waals surface area contributed by atoms with Crippen molar-refractivity contribution in [3.8, 4) is 0 Å². The number of nitrogens with zero attached hydrogens (tertiary/aromatic N) is 1. The van der Waals surface area contributed by atoms with Crippen LogP contribution < -0.4 is 11.3 Å². The van der Waals surface area contributed by atoms with E-state index in [1.807, 2.05) is 0 Å². The molecule has 0 aromatic rings. The number of amides is 1. The molecule has 1 amide bonds. The van der Waals surface area contributed by atoms with Gasteiger partial charge in [-0.3, -0.25) is 15.1 Å². The van der Waals surface area contributed by atoms with E-state index < -0.39 is 0 Å². The van der Waals surface area contributed by atoms with Gasteiger partial charge in [0, 0.05) is 5.92 Å². The van der Waals surface area contributed by atoms with Crippen LogP contribution in [0.3, 0.4) is 0 Å². The van der Waals surface area contributed by atoms with Crippen LogP contribution in [0.25, 0.3) is 0 Å². The summed E-state index contributed by atoms with van der Waals surface area (Å²) in [4.78, 5) is 17.4. The molecular formula is C15H33N3O2. The molecule has 0 aliphatic carbocycles. The molecule has 0 saturated carbocycles. The van der Waals surface area contributed by atoms with Gasteiger partial charge in [0.1, 0.15) is 0 Å². The molecule has 0 radical (unpaired) electrons. The molecule has 0 saturated heterocycles. The van der Waals surface area contributed by atoms with Crippen molar-refractivity contribution in [2.75, 3.05) is 6.61 Å². The van der Waals surface area contributed by atoms with Crippen LogP contribution in [0.1, 0.15) is 78.6 Å². The molecule has 5 nitrogen and oxygen atoms in total. The first kappa shape index (κ1) is 19.4. The van der Waals surface area contributed by atoms with Crippen molar-refractivity contribution >= 4 is 5.91 Å². The molecule has 0 aromatic heterocycles. The molecule has 0 spiro atoms. The number of rotatable bonds is 13. The molecule has 0 heterocycles. The van der Waals surface area contributed by atoms with Crippen molar-refractivity contribution in [2.45, 2.75) is 78.6 Å². The summed E-state index contributed by atoms with van der Waals surface area (Å²) in [5.41, 5.74) is 2.62. The van der Waals surface area contributed by atoms with Gasteiger partial charge < -0.3 is 0 Å². The molecule has 0 aromatic carbocycles. The maximum atomic E-state index is 12.2. The lowest BCUT2D eigenvalue weighted by atomic mass is 9.95. The third-order valence-corrected chi connectivity index (χ3v) is 3.38. The minimum absolute atomic E-state index is 0.0199. The van der Waals surface area contributed by atoms with Crippen LogP contribution in [0, 0.1) is 5.92 Å². The topological polar surface area (TPSA) is 67.6 Å². The number of carbonyl (C=O) groups excluding carboxylic acids is 1. The number of hydrogen-bond acceptors (Lipinski definition) is 4. The summed E-state index contributed by atoms with van der Waals surface area (Å²) in [6.07, 6.45) is 9.46. The molecule has 3 N–H and O–H groups in total. The van der Waals surface area contributed by atoms with E-state index >= 15 is 0 Å². The summed E-state index contributed by atoms with van der Waals surface area (Å²) < 4.78 is 0. The van der Waals surface area contributed by atoms with E-state index in [1.165, 1.54) is 12.8 Å². The fraction of sp³-hybridized carbons (Fsp3) is 0.933. The van der Waals surface area contributed by atoms with Gasteiger partial charge in [0.15, 0.2) is 0 Å². The molecular weight excluding hydrogens is 254 g/mol. The van der Waals surface area contributed by atoms with Crippen LogP contribution in [-0.4, -0.2) is 17.8 Å². The molecule has 120 valence electrons. The molecule has 0 fully saturated rings. The zero-order valence-corrected chi connectivity index (χ0v) is 13.5. The lowest BCUT2D eigenvalue weighted by Crippen LogP contribution is -2.49. The van der Waals surface area contributed by atoms with E-state index in [9.17, 15) is 4.79 Å². The predicted octanol–water partition coefficient (Wildman–Crippen LogP) is 3.31. The fourth-order valence-corrected chi connectivity index (χ4v) is 2.04. The second-order valence-corrected chi connectivity index (χ2v) is 5.32. The minimum Gasteiger partial charge on any atom is -0.273 e. The van der Waals surface area contributed by atoms with E-state index in [4.69, 9.17) is 10.7 Å². The van der Waals surface area contributed by atoms with Crippen molar-refractivity contribution in [2.24, 2.45) is 11.8 Å². The number of hydrogen-bond donors (Lipinski definition) is 2. The number of hydrazine groups is 2. The lowest BCUT2D eigenvalue weighted by Gasteiger charge is -2.21. The van der Waals surface area contributed by atoms with Gasteiger partial charge in [-0.15, -0.1) is 0 Å². The SMILES string of the molecule is CCCCCC(CCCC)C(=O)NN(N)OCCCC. The van der Waals surface area contributed by atoms with Crippen LogP contribution in [0.15, 0.2) is 0 Å². The van der Waals surface area contributed by atoms with Gasteiger partial charge in [0.2, 0.25) is 5.91 Å². The quantitative estimate of drug-likeness (QED) is 0.310. The Morgan fingerprint density at radius 2 is 1.65 bits per heavy atom. The Bertz CT molecular complexity index is 237. The first-order valence-electron chi connectivity index (χ1n) is 8.13. The highest BCUT2D eigenvalue weighted by atomic mass is 16.7. The van der Waals surface area contributed by atoms with Crippen LogP contribution in [0.2, 0.25) is 0 Å². The molecule has 1 unspecified atom stereocenters. The van der Waals surface area contributed by atoms with Gasteiger partial charge >= 0.3 is 0 Å². The summed E-state index contributed by atoms with van der Waals surface area (Å²) >= 11 is 0. The second-order valence-electron chi connectivity index (χ2n) is 5.32. The number of nitrogens with two attached hydrogens (primary N) is 1. The zero-order chi connectivity index (χ0) is 15.2. The lowest BCUT2D eigenvalue weighted by molar-refractivity contribution is -0.204. The third-order valence-electron chi connectivity index (χ3n) is 3.38. The molecule has 0 bridgehead atoms. The number of nitrogens with one attached hydrogen (secondary N) is 1. The molecule has 5 heteroatoms. The monoisotopic (exact) mass is 287 g/mol. The molecule has 1 atom stereocenters. The Balaban J connectivity index is 4.09. The maximum absolute atomic E-state index is 12.2. The molecule has 20 heavy (non-hydrogen) atoms. The van der Waals surface area contributed by atoms with Gasteiger partial charge in [0.25, 0.3) is 0 Å². The zero-order valence-electron chi connectivity index (χ0n) is 13.5. The summed E-state index contributed by atoms with van der Waals surface area (Å²) in [6, 6.07) is 0. The highest BCUT2D eigenvalue weighted by Gasteiger charge is 2.19. The van der Waals surface area contributed by atoms with Crippen molar-refractivity contribution in [1.29, 1.82) is 0 Å². The van der Waals surface area contributed by atoms with Crippen LogP contribution in [0.5, 0.6) is 0 Å². The van der Waals surface area contributed by atoms with Gasteiger partial charge in [-0.1, -0.05) is 59.3 Å². The van der Waals surface area contributed by atoms with E-state index in [1.54, 1.807) is 0 Å². The Morgan fingerprint density at radius 1 is 1.05 bits per heavy atom. The largest absolute Gasteiger partial charge is 0.273 e. The van der Waals surface area contributed by atoms with Crippen molar-refractivity contribution in [3.63, 3.8) is 0 Å². The van der Waals surface area contributed by atoms with Gasteiger partial charge in [-0.2, -0.15) is 0 Å². The van der Waals surface area contributed by atoms with E-state index in [0.29, 0.717) is 6.61 Å². The van der Waals surface area contributed by atoms with Crippen molar-refractivity contribution in [3.05, 3.63) is 0 Å². The first-order valence-corrected chi connectivity index (χ1v) is 8.13. The van der Waals surface area contributed by atoms with Crippen molar-refractivity contribution < 1.29 is 9.63 Å². The summed E-state index contributed by atoms with van der Waals surface area (Å²) in [5.74, 6) is 5.64. The number of carbonyl (C=O) groups is 1. The second kappa shape index (κ2) is 13.3. The smallest absolute Gasteiger partial charge is 0.240 e. The highest BCUT2D eigenvalue weighted by molar-refractivity contribution is 5.77. The normalized spacial score (nSPS) is 12.7. The van der Waals surface area contributed by atoms with Gasteiger partial charge in [-0.25, -0.2) is 5.84 Å². The summed E-state index contributed by atoms with van der Waals surface area (Å²) in [5, 5.41) is 0.969. The van der Waals surface area contributed by atoms with E-state index in [0.717, 1.165) is 50.2 Å². The van der Waals surface area contributed by atoms with Crippen LogP contribution in [0.4, 0.5) is 0 Å². The standard InChI is InChI=1S/C15H33N3O2/c1-4-7-10-12-14(11-8-5-2)15(19)17-18(16)20-13-9-6-3/h14H,4-13,16H2,1-3H3,(H,17,19). The Morgan fingerprint density at radius 3 is 2.25 bits per heavy atom.